The summed E-state index contributed by atoms with van der Waals surface area (Å²) in [5.74, 6) is 0. The van der Waals surface area contributed by atoms with E-state index >= 15 is 0 Å². The molecule has 3 aromatic rings. The van der Waals surface area contributed by atoms with Gasteiger partial charge in [0.2, 0.25) is 11.3 Å². The number of aromatic amines is 1. The first-order valence-corrected chi connectivity index (χ1v) is 6.08. The summed E-state index contributed by atoms with van der Waals surface area (Å²) in [4.78, 5) is 18.5. The molecule has 0 saturated carbocycles. The van der Waals surface area contributed by atoms with Crippen molar-refractivity contribution < 1.29 is 4.63 Å². The Morgan fingerprint density at radius 2 is 1.95 bits per heavy atom. The van der Waals surface area contributed by atoms with E-state index in [0.717, 1.165) is 12.8 Å². The lowest BCUT2D eigenvalue weighted by molar-refractivity contribution is 0.314. The fourth-order valence-electron chi connectivity index (χ4n) is 1.97. The fourth-order valence-corrected chi connectivity index (χ4v) is 1.97. The van der Waals surface area contributed by atoms with E-state index in [2.05, 4.69) is 37.0 Å². The van der Waals surface area contributed by atoms with E-state index in [4.69, 9.17) is 0 Å². The fraction of sp³-hybridized carbons (Fsp3) is 0.231. The normalized spacial score (nSPS) is 10.9. The van der Waals surface area contributed by atoms with E-state index in [1.54, 1.807) is 0 Å². The van der Waals surface area contributed by atoms with Gasteiger partial charge in [-0.15, -0.1) is 0 Å². The molecule has 19 heavy (non-hydrogen) atoms. The molecule has 0 aliphatic heterocycles. The van der Waals surface area contributed by atoms with Crippen molar-refractivity contribution in [3.05, 3.63) is 51.9 Å². The van der Waals surface area contributed by atoms with Crippen molar-refractivity contribution in [2.75, 3.05) is 0 Å². The summed E-state index contributed by atoms with van der Waals surface area (Å²) in [6.45, 7) is 0. The summed E-state index contributed by atoms with van der Waals surface area (Å²) >= 11 is 0. The molecule has 0 radical (unpaired) electrons. The summed E-state index contributed by atoms with van der Waals surface area (Å²) in [5.41, 5.74) is 2.13. The second-order valence-corrected chi connectivity index (χ2v) is 4.29. The average Bonchev–Trinajstić information content (AvgIpc) is 2.87. The summed E-state index contributed by atoms with van der Waals surface area (Å²) in [7, 11) is 0. The molecule has 0 aliphatic rings. The van der Waals surface area contributed by atoms with E-state index in [9.17, 15) is 4.79 Å². The minimum absolute atomic E-state index is 0.226. The van der Waals surface area contributed by atoms with Crippen LogP contribution < -0.4 is 5.56 Å². The molecular weight excluding hydrogens is 244 g/mol. The van der Waals surface area contributed by atoms with E-state index in [0.29, 0.717) is 17.8 Å². The summed E-state index contributed by atoms with van der Waals surface area (Å²) in [6, 6.07) is 10.1. The second-order valence-electron chi connectivity index (χ2n) is 4.29. The molecule has 0 bridgehead atoms. The molecule has 2 aromatic heterocycles. The zero-order valence-electron chi connectivity index (χ0n) is 10.2. The second kappa shape index (κ2) is 5.01. The molecule has 6 nitrogen and oxygen atoms in total. The van der Waals surface area contributed by atoms with Crippen molar-refractivity contribution in [1.82, 2.24) is 20.3 Å². The number of benzene rings is 1. The Labute approximate surface area is 108 Å². The predicted molar refractivity (Wildman–Crippen MR) is 68.7 cm³/mol. The lowest BCUT2D eigenvalue weighted by Gasteiger charge is -2.00. The van der Waals surface area contributed by atoms with Crippen LogP contribution >= 0.6 is 0 Å². The number of fused-ring (bicyclic) bond motifs is 1. The lowest BCUT2D eigenvalue weighted by Crippen LogP contribution is -2.15. The van der Waals surface area contributed by atoms with Crippen LogP contribution in [-0.4, -0.2) is 20.3 Å². The SMILES string of the molecule is O=c1[nH]c2nonc2nc1CCCc1ccccc1. The number of nitrogens with zero attached hydrogens (tertiary/aromatic N) is 3. The first-order chi connectivity index (χ1) is 9.33. The van der Waals surface area contributed by atoms with Crippen LogP contribution in [0.3, 0.4) is 0 Å². The van der Waals surface area contributed by atoms with Crippen LogP contribution in [0.15, 0.2) is 39.8 Å². The Kier molecular flexibility index (Phi) is 3.06. The molecule has 0 fully saturated rings. The van der Waals surface area contributed by atoms with Gasteiger partial charge in [-0.25, -0.2) is 9.61 Å². The Balaban J connectivity index is 1.71. The molecule has 1 aromatic carbocycles. The Morgan fingerprint density at radius 3 is 2.79 bits per heavy atom. The van der Waals surface area contributed by atoms with E-state index in [1.807, 2.05) is 18.2 Å². The maximum Gasteiger partial charge on any atom is 0.271 e. The number of hydrogen-bond donors (Lipinski definition) is 1. The molecule has 1 N–H and O–H groups in total. The topological polar surface area (TPSA) is 84.7 Å². The van der Waals surface area contributed by atoms with Gasteiger partial charge in [0.1, 0.15) is 5.69 Å². The zero-order chi connectivity index (χ0) is 13.1. The molecular formula is C13H12N4O2. The van der Waals surface area contributed by atoms with Crippen molar-refractivity contribution in [3.8, 4) is 0 Å². The molecule has 3 rings (SSSR count). The third kappa shape index (κ3) is 2.52. The predicted octanol–water partition coefficient (Wildman–Crippen LogP) is 1.48. The third-order valence-corrected chi connectivity index (χ3v) is 2.93. The van der Waals surface area contributed by atoms with Gasteiger partial charge >= 0.3 is 0 Å². The minimum atomic E-state index is -0.226. The van der Waals surface area contributed by atoms with Crippen molar-refractivity contribution in [3.63, 3.8) is 0 Å². The van der Waals surface area contributed by atoms with E-state index in [1.165, 1.54) is 5.56 Å². The van der Waals surface area contributed by atoms with Crippen LogP contribution in [0.25, 0.3) is 11.3 Å². The maximum absolute atomic E-state index is 11.7. The van der Waals surface area contributed by atoms with Crippen LogP contribution in [0.4, 0.5) is 0 Å². The quantitative estimate of drug-likeness (QED) is 0.764. The molecule has 0 amide bonds. The Hall–Kier alpha value is -2.50. The van der Waals surface area contributed by atoms with Gasteiger partial charge in [0, 0.05) is 0 Å². The van der Waals surface area contributed by atoms with Crippen molar-refractivity contribution in [1.29, 1.82) is 0 Å². The number of rotatable bonds is 4. The molecule has 0 unspecified atom stereocenters. The number of nitrogens with one attached hydrogen (secondary N) is 1. The smallest absolute Gasteiger partial charge is 0.271 e. The number of H-pyrrole nitrogens is 1. The van der Waals surface area contributed by atoms with Gasteiger partial charge in [-0.2, -0.15) is 0 Å². The average molecular weight is 256 g/mol. The van der Waals surface area contributed by atoms with Crippen molar-refractivity contribution >= 4 is 11.3 Å². The van der Waals surface area contributed by atoms with Crippen LogP contribution in [0.5, 0.6) is 0 Å². The summed E-state index contributed by atoms with van der Waals surface area (Å²) in [6.07, 6.45) is 2.38. The first-order valence-electron chi connectivity index (χ1n) is 6.08. The van der Waals surface area contributed by atoms with Gasteiger partial charge in [0.15, 0.2) is 0 Å². The highest BCUT2D eigenvalue weighted by Gasteiger charge is 2.08. The van der Waals surface area contributed by atoms with Crippen LogP contribution in [-0.2, 0) is 12.8 Å². The molecule has 0 saturated heterocycles. The number of aromatic nitrogens is 4. The van der Waals surface area contributed by atoms with Crippen LogP contribution in [0, 0.1) is 0 Å². The minimum Gasteiger partial charge on any atom is -0.299 e. The highest BCUT2D eigenvalue weighted by molar-refractivity contribution is 5.61. The van der Waals surface area contributed by atoms with Crippen LogP contribution in [0.2, 0.25) is 0 Å². The van der Waals surface area contributed by atoms with Crippen molar-refractivity contribution in [2.45, 2.75) is 19.3 Å². The first kappa shape index (κ1) is 11.6. The van der Waals surface area contributed by atoms with Gasteiger partial charge in [-0.1, -0.05) is 30.3 Å². The highest BCUT2D eigenvalue weighted by Crippen LogP contribution is 2.06. The van der Waals surface area contributed by atoms with Gasteiger partial charge in [0.05, 0.1) is 0 Å². The molecule has 0 spiro atoms. The number of hydrogen-bond acceptors (Lipinski definition) is 5. The zero-order valence-corrected chi connectivity index (χ0v) is 10.2. The Bertz CT molecular complexity index is 733. The summed E-state index contributed by atoms with van der Waals surface area (Å²) < 4.78 is 4.52. The van der Waals surface area contributed by atoms with Gasteiger partial charge in [0.25, 0.3) is 5.56 Å². The largest absolute Gasteiger partial charge is 0.299 e. The third-order valence-electron chi connectivity index (χ3n) is 2.93. The van der Waals surface area contributed by atoms with Gasteiger partial charge in [-0.3, -0.25) is 9.78 Å². The maximum atomic E-state index is 11.7. The van der Waals surface area contributed by atoms with Gasteiger partial charge in [-0.05, 0) is 35.1 Å². The molecule has 2 heterocycles. The lowest BCUT2D eigenvalue weighted by atomic mass is 10.1. The standard InChI is InChI=1S/C13H12N4O2/c18-13-10(14-11-12(15-13)17-19-16-11)8-4-7-9-5-2-1-3-6-9/h1-3,5-6H,4,7-8H2,(H,15,17,18). The van der Waals surface area contributed by atoms with Crippen molar-refractivity contribution in [2.24, 2.45) is 0 Å². The van der Waals surface area contributed by atoms with E-state index in [-0.39, 0.29) is 11.2 Å². The van der Waals surface area contributed by atoms with E-state index < -0.39 is 0 Å². The van der Waals surface area contributed by atoms with Crippen LogP contribution in [0.1, 0.15) is 17.7 Å². The van der Waals surface area contributed by atoms with Gasteiger partial charge < -0.3 is 0 Å². The Morgan fingerprint density at radius 1 is 1.11 bits per heavy atom. The molecule has 0 aliphatic carbocycles. The number of aryl methyl sites for hydroxylation is 2. The summed E-state index contributed by atoms with van der Waals surface area (Å²) in [5, 5.41) is 7.16. The molecule has 0 atom stereocenters. The molecule has 6 heteroatoms. The highest BCUT2D eigenvalue weighted by atomic mass is 16.6. The monoisotopic (exact) mass is 256 g/mol. The molecule has 96 valence electrons.